The highest BCUT2D eigenvalue weighted by atomic mass is 16.5. The van der Waals surface area contributed by atoms with Crippen LogP contribution in [0, 0.1) is 11.3 Å². The third kappa shape index (κ3) is 3.56. The molecule has 1 saturated heterocycles. The first kappa shape index (κ1) is 14.5. The van der Waals surface area contributed by atoms with Gasteiger partial charge in [0.1, 0.15) is 0 Å². The van der Waals surface area contributed by atoms with Gasteiger partial charge in [0.2, 0.25) is 5.91 Å². The average Bonchev–Trinajstić information content (AvgIpc) is 2.46. The van der Waals surface area contributed by atoms with E-state index >= 15 is 0 Å². The molecule has 0 aromatic heterocycles. The third-order valence-corrected chi connectivity index (χ3v) is 3.46. The van der Waals surface area contributed by atoms with Gasteiger partial charge in [0.05, 0.1) is 30.4 Å². The maximum atomic E-state index is 12.2. The van der Waals surface area contributed by atoms with Crippen LogP contribution in [0.25, 0.3) is 0 Å². The summed E-state index contributed by atoms with van der Waals surface area (Å²) in [6.07, 6.45) is 0.154. The van der Waals surface area contributed by atoms with Crippen molar-refractivity contribution in [2.75, 3.05) is 25.0 Å². The van der Waals surface area contributed by atoms with Crippen molar-refractivity contribution in [3.63, 3.8) is 0 Å². The van der Waals surface area contributed by atoms with Gasteiger partial charge in [-0.2, -0.15) is 5.26 Å². The Kier molecular flexibility index (Phi) is 4.72. The van der Waals surface area contributed by atoms with Crippen molar-refractivity contribution in [1.82, 2.24) is 4.90 Å². The number of carbonyl (C=O) groups excluding carboxylic acids is 1. The molecule has 1 amide bonds. The van der Waals surface area contributed by atoms with E-state index in [1.807, 2.05) is 13.8 Å². The van der Waals surface area contributed by atoms with Crippen LogP contribution in [0.4, 0.5) is 5.69 Å². The molecule has 1 aromatic rings. The fourth-order valence-corrected chi connectivity index (χ4v) is 2.28. The van der Waals surface area contributed by atoms with Gasteiger partial charge in [0.15, 0.2) is 0 Å². The van der Waals surface area contributed by atoms with E-state index in [1.165, 1.54) is 0 Å². The molecule has 0 radical (unpaired) electrons. The quantitative estimate of drug-likeness (QED) is 0.908. The van der Waals surface area contributed by atoms with Gasteiger partial charge in [0, 0.05) is 18.8 Å². The first-order valence-corrected chi connectivity index (χ1v) is 6.77. The number of morpholine rings is 1. The smallest absolute Gasteiger partial charge is 0.241 e. The molecule has 5 heteroatoms. The zero-order chi connectivity index (χ0) is 14.5. The monoisotopic (exact) mass is 273 g/mol. The molecule has 5 nitrogen and oxygen atoms in total. The van der Waals surface area contributed by atoms with Crippen molar-refractivity contribution in [3.8, 4) is 6.07 Å². The maximum absolute atomic E-state index is 12.2. The lowest BCUT2D eigenvalue weighted by atomic mass is 10.2. The van der Waals surface area contributed by atoms with Gasteiger partial charge in [0.25, 0.3) is 0 Å². The summed E-state index contributed by atoms with van der Waals surface area (Å²) in [4.78, 5) is 14.4. The van der Waals surface area contributed by atoms with E-state index in [0.717, 1.165) is 13.1 Å². The molecule has 1 fully saturated rings. The molecule has 1 aromatic carbocycles. The van der Waals surface area contributed by atoms with Gasteiger partial charge >= 0.3 is 0 Å². The highest BCUT2D eigenvalue weighted by Crippen LogP contribution is 2.13. The first-order chi connectivity index (χ1) is 9.60. The highest BCUT2D eigenvalue weighted by molar-refractivity contribution is 5.94. The predicted octanol–water partition coefficient (Wildman–Crippen LogP) is 1.61. The van der Waals surface area contributed by atoms with Gasteiger partial charge in [-0.25, -0.2) is 0 Å². The van der Waals surface area contributed by atoms with E-state index in [1.54, 1.807) is 24.3 Å². The maximum Gasteiger partial charge on any atom is 0.241 e. The lowest BCUT2D eigenvalue weighted by molar-refractivity contribution is -0.123. The van der Waals surface area contributed by atoms with Crippen LogP contribution in [0.1, 0.15) is 19.4 Å². The summed E-state index contributed by atoms with van der Waals surface area (Å²) in [6, 6.07) is 8.77. The summed E-state index contributed by atoms with van der Waals surface area (Å²) < 4.78 is 5.48. The number of nitriles is 1. The molecule has 0 saturated carbocycles. The fourth-order valence-electron chi connectivity index (χ4n) is 2.28. The fraction of sp³-hybridized carbons (Fsp3) is 0.467. The van der Waals surface area contributed by atoms with Gasteiger partial charge in [-0.3, -0.25) is 9.69 Å². The van der Waals surface area contributed by atoms with E-state index in [4.69, 9.17) is 10.00 Å². The minimum atomic E-state index is -0.216. The van der Waals surface area contributed by atoms with E-state index in [9.17, 15) is 4.79 Å². The molecule has 1 heterocycles. The van der Waals surface area contributed by atoms with Crippen LogP contribution in [-0.2, 0) is 9.53 Å². The van der Waals surface area contributed by atoms with Crippen molar-refractivity contribution in [1.29, 1.82) is 5.26 Å². The van der Waals surface area contributed by atoms with Crippen LogP contribution in [0.2, 0.25) is 0 Å². The summed E-state index contributed by atoms with van der Waals surface area (Å²) in [5.41, 5.74) is 1.19. The minimum absolute atomic E-state index is 0.0609. The van der Waals surface area contributed by atoms with Crippen molar-refractivity contribution in [2.24, 2.45) is 0 Å². The highest BCUT2D eigenvalue weighted by Gasteiger charge is 2.25. The Bertz CT molecular complexity index is 524. The summed E-state index contributed by atoms with van der Waals surface area (Å²) in [5, 5.41) is 11.7. The molecule has 2 atom stereocenters. The van der Waals surface area contributed by atoms with E-state index in [0.29, 0.717) is 17.9 Å². The van der Waals surface area contributed by atoms with Crippen molar-refractivity contribution in [3.05, 3.63) is 29.8 Å². The molecule has 1 N–H and O–H groups in total. The van der Waals surface area contributed by atoms with Crippen LogP contribution < -0.4 is 5.32 Å². The van der Waals surface area contributed by atoms with Crippen LogP contribution in [0.3, 0.4) is 0 Å². The molecule has 0 spiro atoms. The average molecular weight is 273 g/mol. The molecule has 0 unspecified atom stereocenters. The van der Waals surface area contributed by atoms with Crippen LogP contribution in [-0.4, -0.2) is 42.6 Å². The number of nitrogens with one attached hydrogen (secondary N) is 1. The lowest BCUT2D eigenvalue weighted by Crippen LogP contribution is -2.50. The zero-order valence-electron chi connectivity index (χ0n) is 11.8. The zero-order valence-corrected chi connectivity index (χ0v) is 11.8. The summed E-state index contributed by atoms with van der Waals surface area (Å²) in [7, 11) is 0. The number of carbonyl (C=O) groups is 1. The molecule has 0 bridgehead atoms. The summed E-state index contributed by atoms with van der Waals surface area (Å²) in [6.45, 7) is 6.07. The topological polar surface area (TPSA) is 65.4 Å². The molecule has 106 valence electrons. The Morgan fingerprint density at radius 1 is 1.60 bits per heavy atom. The lowest BCUT2D eigenvalue weighted by Gasteiger charge is -2.34. The van der Waals surface area contributed by atoms with Gasteiger partial charge in [-0.15, -0.1) is 0 Å². The van der Waals surface area contributed by atoms with E-state index in [-0.39, 0.29) is 18.1 Å². The number of hydrogen-bond acceptors (Lipinski definition) is 4. The molecular weight excluding hydrogens is 254 g/mol. The molecule has 1 aliphatic rings. The number of hydrogen-bond donors (Lipinski definition) is 1. The van der Waals surface area contributed by atoms with Gasteiger partial charge in [-0.05, 0) is 32.0 Å². The Morgan fingerprint density at radius 3 is 3.10 bits per heavy atom. The molecule has 2 rings (SSSR count). The number of amides is 1. The van der Waals surface area contributed by atoms with Crippen molar-refractivity contribution >= 4 is 11.6 Å². The third-order valence-electron chi connectivity index (χ3n) is 3.46. The number of ether oxygens (including phenoxy) is 1. The van der Waals surface area contributed by atoms with Crippen LogP contribution >= 0.6 is 0 Å². The SMILES string of the molecule is C[C@H]1CN([C@@H](C)C(=O)Nc2cccc(C#N)c2)CCO1. The predicted molar refractivity (Wildman–Crippen MR) is 76.2 cm³/mol. The second-order valence-electron chi connectivity index (χ2n) is 5.03. The number of benzene rings is 1. The number of nitrogens with zero attached hydrogens (tertiary/aromatic N) is 2. The first-order valence-electron chi connectivity index (χ1n) is 6.77. The normalized spacial score (nSPS) is 20.9. The Labute approximate surface area is 119 Å². The Morgan fingerprint density at radius 2 is 2.40 bits per heavy atom. The number of rotatable bonds is 3. The molecule has 20 heavy (non-hydrogen) atoms. The Balaban J connectivity index is 1.98. The van der Waals surface area contributed by atoms with Gasteiger partial charge < -0.3 is 10.1 Å². The largest absolute Gasteiger partial charge is 0.376 e. The standard InChI is InChI=1S/C15H19N3O2/c1-11-10-18(6-7-20-11)12(2)15(19)17-14-5-3-4-13(8-14)9-16/h3-5,8,11-12H,6-7,10H2,1-2H3,(H,17,19)/t11-,12-/m0/s1. The summed E-state index contributed by atoms with van der Waals surface area (Å²) >= 11 is 0. The second-order valence-corrected chi connectivity index (χ2v) is 5.03. The van der Waals surface area contributed by atoms with Gasteiger partial charge in [-0.1, -0.05) is 6.07 Å². The molecule has 1 aliphatic heterocycles. The molecular formula is C15H19N3O2. The minimum Gasteiger partial charge on any atom is -0.376 e. The number of anilines is 1. The van der Waals surface area contributed by atoms with Crippen LogP contribution in [0.15, 0.2) is 24.3 Å². The second kappa shape index (κ2) is 6.51. The van der Waals surface area contributed by atoms with Crippen molar-refractivity contribution < 1.29 is 9.53 Å². The Hall–Kier alpha value is -1.90. The summed E-state index contributed by atoms with van der Waals surface area (Å²) in [5.74, 6) is -0.0609. The van der Waals surface area contributed by atoms with Crippen molar-refractivity contribution in [2.45, 2.75) is 26.0 Å². The van der Waals surface area contributed by atoms with Crippen LogP contribution in [0.5, 0.6) is 0 Å². The van der Waals surface area contributed by atoms with E-state index < -0.39 is 0 Å². The molecule has 0 aliphatic carbocycles. The van der Waals surface area contributed by atoms with E-state index in [2.05, 4.69) is 16.3 Å².